The minimum absolute atomic E-state index is 0.172. The van der Waals surface area contributed by atoms with Crippen molar-refractivity contribution >= 4 is 22.0 Å². The molecule has 21 heavy (non-hydrogen) atoms. The zero-order chi connectivity index (χ0) is 15.1. The lowest BCUT2D eigenvalue weighted by Crippen LogP contribution is -2.42. The first-order valence-corrected chi connectivity index (χ1v) is 8.32. The van der Waals surface area contributed by atoms with Gasteiger partial charge in [-0.2, -0.15) is 0 Å². The van der Waals surface area contributed by atoms with Crippen LogP contribution in [0, 0.1) is 0 Å². The zero-order valence-electron chi connectivity index (χ0n) is 12.4. The maximum atomic E-state index is 11.8. The van der Waals surface area contributed by atoms with Crippen LogP contribution in [0.2, 0.25) is 0 Å². The number of carbonyl (C=O) groups is 1. The lowest BCUT2D eigenvalue weighted by molar-refractivity contribution is 0.0670. The molecule has 0 bridgehead atoms. The van der Waals surface area contributed by atoms with E-state index in [1.807, 2.05) is 24.3 Å². The number of benzene rings is 1. The summed E-state index contributed by atoms with van der Waals surface area (Å²) in [5.74, 6) is 0.877. The van der Waals surface area contributed by atoms with E-state index >= 15 is 0 Å². The maximum Gasteiger partial charge on any atom is 0.409 e. The Morgan fingerprint density at radius 2 is 1.95 bits per heavy atom. The molecular formula is C16H22BrNO3. The number of piperidine rings is 1. The standard InChI is InChI=1S/C16H22BrNO3/c1-2-3-12-20-16(19)18-10-8-15(9-11-18)21-14-6-4-13(17)5-7-14/h4-7,15H,2-3,8-12H2,1H3. The highest BCUT2D eigenvalue weighted by Crippen LogP contribution is 2.21. The summed E-state index contributed by atoms with van der Waals surface area (Å²) < 4.78 is 12.2. The Balaban J connectivity index is 1.72. The molecule has 1 aromatic carbocycles. The number of likely N-dealkylation sites (tertiary alicyclic amines) is 1. The fourth-order valence-corrected chi connectivity index (χ4v) is 2.52. The third kappa shape index (κ3) is 5.23. The summed E-state index contributed by atoms with van der Waals surface area (Å²) in [5.41, 5.74) is 0. The molecule has 1 heterocycles. The van der Waals surface area contributed by atoms with Crippen molar-refractivity contribution in [3.05, 3.63) is 28.7 Å². The van der Waals surface area contributed by atoms with Gasteiger partial charge in [0.2, 0.25) is 0 Å². The summed E-state index contributed by atoms with van der Waals surface area (Å²) in [4.78, 5) is 13.6. The van der Waals surface area contributed by atoms with Crippen LogP contribution in [-0.2, 0) is 4.74 Å². The second-order valence-corrected chi connectivity index (χ2v) is 6.14. The Morgan fingerprint density at radius 1 is 1.29 bits per heavy atom. The molecule has 0 aliphatic carbocycles. The van der Waals surface area contributed by atoms with Gasteiger partial charge in [-0.3, -0.25) is 0 Å². The number of rotatable bonds is 5. The average molecular weight is 356 g/mol. The van der Waals surface area contributed by atoms with Gasteiger partial charge in [-0.25, -0.2) is 4.79 Å². The van der Waals surface area contributed by atoms with E-state index in [1.165, 1.54) is 0 Å². The molecule has 1 amide bonds. The van der Waals surface area contributed by atoms with Gasteiger partial charge in [0, 0.05) is 30.4 Å². The fourth-order valence-electron chi connectivity index (χ4n) is 2.26. The second kappa shape index (κ2) is 8.27. The summed E-state index contributed by atoms with van der Waals surface area (Å²) >= 11 is 3.41. The van der Waals surface area contributed by atoms with Gasteiger partial charge in [0.15, 0.2) is 0 Å². The highest BCUT2D eigenvalue weighted by Gasteiger charge is 2.24. The summed E-state index contributed by atoms with van der Waals surface area (Å²) in [6.07, 6.45) is 3.64. The van der Waals surface area contributed by atoms with Crippen molar-refractivity contribution < 1.29 is 14.3 Å². The third-order valence-corrected chi connectivity index (χ3v) is 4.07. The monoisotopic (exact) mass is 355 g/mol. The number of halogens is 1. The zero-order valence-corrected chi connectivity index (χ0v) is 14.0. The molecule has 116 valence electrons. The molecule has 1 aromatic rings. The van der Waals surface area contributed by atoms with Gasteiger partial charge >= 0.3 is 6.09 Å². The normalized spacial score (nSPS) is 15.8. The van der Waals surface area contributed by atoms with Crippen LogP contribution >= 0.6 is 15.9 Å². The van der Waals surface area contributed by atoms with Crippen LogP contribution in [-0.4, -0.2) is 36.8 Å². The Bertz CT molecular complexity index is 441. The highest BCUT2D eigenvalue weighted by atomic mass is 79.9. The molecule has 0 atom stereocenters. The van der Waals surface area contributed by atoms with Gasteiger partial charge < -0.3 is 14.4 Å². The fraction of sp³-hybridized carbons (Fsp3) is 0.562. The molecule has 2 rings (SSSR count). The van der Waals surface area contributed by atoms with Crippen LogP contribution in [0.15, 0.2) is 28.7 Å². The van der Waals surface area contributed by atoms with Crippen molar-refractivity contribution in [1.29, 1.82) is 0 Å². The van der Waals surface area contributed by atoms with Crippen molar-refractivity contribution in [2.24, 2.45) is 0 Å². The van der Waals surface area contributed by atoms with E-state index in [2.05, 4.69) is 22.9 Å². The first-order chi connectivity index (χ1) is 10.2. The molecule has 0 saturated carbocycles. The van der Waals surface area contributed by atoms with Crippen LogP contribution in [0.5, 0.6) is 5.75 Å². The number of carbonyl (C=O) groups excluding carboxylic acids is 1. The number of ether oxygens (including phenoxy) is 2. The maximum absolute atomic E-state index is 11.8. The molecule has 1 aliphatic rings. The van der Waals surface area contributed by atoms with Crippen LogP contribution in [0.25, 0.3) is 0 Å². The predicted octanol–water partition coefficient (Wildman–Crippen LogP) is 4.23. The highest BCUT2D eigenvalue weighted by molar-refractivity contribution is 9.10. The van der Waals surface area contributed by atoms with E-state index in [1.54, 1.807) is 4.90 Å². The summed E-state index contributed by atoms with van der Waals surface area (Å²) in [6, 6.07) is 7.84. The molecule has 5 heteroatoms. The lowest BCUT2D eigenvalue weighted by Gasteiger charge is -2.31. The molecule has 0 aromatic heterocycles. The largest absolute Gasteiger partial charge is 0.490 e. The van der Waals surface area contributed by atoms with Crippen molar-refractivity contribution in [1.82, 2.24) is 4.90 Å². The molecule has 1 fully saturated rings. The first-order valence-electron chi connectivity index (χ1n) is 7.53. The van der Waals surface area contributed by atoms with E-state index in [9.17, 15) is 4.79 Å². The molecule has 1 aliphatic heterocycles. The van der Waals surface area contributed by atoms with E-state index in [4.69, 9.17) is 9.47 Å². The molecular weight excluding hydrogens is 334 g/mol. The van der Waals surface area contributed by atoms with Gasteiger partial charge in [0.1, 0.15) is 11.9 Å². The number of unbranched alkanes of at least 4 members (excludes halogenated alkanes) is 1. The molecule has 0 unspecified atom stereocenters. The van der Waals surface area contributed by atoms with Gasteiger partial charge in [-0.15, -0.1) is 0 Å². The quantitative estimate of drug-likeness (QED) is 0.741. The topological polar surface area (TPSA) is 38.8 Å². The van der Waals surface area contributed by atoms with Gasteiger partial charge in [0.25, 0.3) is 0 Å². The summed E-state index contributed by atoms with van der Waals surface area (Å²) in [5, 5.41) is 0. The second-order valence-electron chi connectivity index (χ2n) is 5.23. The van der Waals surface area contributed by atoms with E-state index in [0.29, 0.717) is 19.7 Å². The van der Waals surface area contributed by atoms with E-state index in [0.717, 1.165) is 35.9 Å². The number of amides is 1. The van der Waals surface area contributed by atoms with Crippen LogP contribution in [0.1, 0.15) is 32.6 Å². The molecule has 0 N–H and O–H groups in total. The van der Waals surface area contributed by atoms with Crippen molar-refractivity contribution in [3.63, 3.8) is 0 Å². The Morgan fingerprint density at radius 3 is 2.57 bits per heavy atom. The predicted molar refractivity (Wildman–Crippen MR) is 85.6 cm³/mol. The number of hydrogen-bond acceptors (Lipinski definition) is 3. The summed E-state index contributed by atoms with van der Waals surface area (Å²) in [6.45, 7) is 4.00. The number of nitrogens with zero attached hydrogens (tertiary/aromatic N) is 1. The van der Waals surface area contributed by atoms with E-state index in [-0.39, 0.29) is 12.2 Å². The number of hydrogen-bond donors (Lipinski definition) is 0. The van der Waals surface area contributed by atoms with Crippen molar-refractivity contribution in [2.75, 3.05) is 19.7 Å². The third-order valence-electron chi connectivity index (χ3n) is 3.54. The van der Waals surface area contributed by atoms with Crippen LogP contribution in [0.4, 0.5) is 4.79 Å². The lowest BCUT2D eigenvalue weighted by atomic mass is 10.1. The smallest absolute Gasteiger partial charge is 0.409 e. The minimum Gasteiger partial charge on any atom is -0.490 e. The van der Waals surface area contributed by atoms with Gasteiger partial charge in [-0.05, 0) is 30.7 Å². The van der Waals surface area contributed by atoms with Gasteiger partial charge in [-0.1, -0.05) is 29.3 Å². The van der Waals surface area contributed by atoms with Gasteiger partial charge in [0.05, 0.1) is 6.61 Å². The Hall–Kier alpha value is -1.23. The van der Waals surface area contributed by atoms with Crippen LogP contribution < -0.4 is 4.74 Å². The average Bonchev–Trinajstić information content (AvgIpc) is 2.50. The van der Waals surface area contributed by atoms with Crippen molar-refractivity contribution in [2.45, 2.75) is 38.7 Å². The summed E-state index contributed by atoms with van der Waals surface area (Å²) in [7, 11) is 0. The van der Waals surface area contributed by atoms with Crippen LogP contribution in [0.3, 0.4) is 0 Å². The first kappa shape index (κ1) is 16.1. The molecule has 0 radical (unpaired) electrons. The SMILES string of the molecule is CCCCOC(=O)N1CCC(Oc2ccc(Br)cc2)CC1. The van der Waals surface area contributed by atoms with E-state index < -0.39 is 0 Å². The van der Waals surface area contributed by atoms with Crippen molar-refractivity contribution in [3.8, 4) is 5.75 Å². The molecule has 1 saturated heterocycles. The minimum atomic E-state index is -0.189. The Kier molecular flexibility index (Phi) is 6.36. The molecule has 0 spiro atoms. The molecule has 4 nitrogen and oxygen atoms in total. The Labute approximate surface area is 134 Å².